The van der Waals surface area contributed by atoms with E-state index in [1.165, 1.54) is 12.3 Å². The van der Waals surface area contributed by atoms with Gasteiger partial charge < -0.3 is 20.3 Å². The summed E-state index contributed by atoms with van der Waals surface area (Å²) in [5, 5.41) is 11.9. The predicted octanol–water partition coefficient (Wildman–Crippen LogP) is 0.940. The van der Waals surface area contributed by atoms with Crippen molar-refractivity contribution in [1.82, 2.24) is 10.3 Å². The molecule has 2 aromatic rings. The Morgan fingerprint density at radius 2 is 1.96 bits per heavy atom. The summed E-state index contributed by atoms with van der Waals surface area (Å²) in [5.74, 6) is -1.44. The summed E-state index contributed by atoms with van der Waals surface area (Å²) in [7, 11) is 0. The minimum absolute atomic E-state index is 0.0943. The van der Waals surface area contributed by atoms with Crippen molar-refractivity contribution >= 4 is 12.0 Å². The van der Waals surface area contributed by atoms with Crippen LogP contribution >= 0.6 is 0 Å². The molecule has 0 saturated heterocycles. The second kappa shape index (κ2) is 7.76. The average Bonchev–Trinajstić information content (AvgIpc) is 2.56. The molecule has 0 fully saturated rings. The number of nitrogens with zero attached hydrogens (tertiary/aromatic N) is 1. The van der Waals surface area contributed by atoms with Gasteiger partial charge in [0, 0.05) is 12.3 Å². The van der Waals surface area contributed by atoms with Crippen LogP contribution in [-0.2, 0) is 11.4 Å². The van der Waals surface area contributed by atoms with E-state index in [4.69, 9.17) is 15.2 Å². The van der Waals surface area contributed by atoms with E-state index in [0.29, 0.717) is 0 Å². The van der Waals surface area contributed by atoms with E-state index < -0.39 is 17.7 Å². The summed E-state index contributed by atoms with van der Waals surface area (Å²) in [6.45, 7) is -0.148. The Bertz CT molecular complexity index is 691. The van der Waals surface area contributed by atoms with Gasteiger partial charge in [-0.15, -0.1) is 0 Å². The Morgan fingerprint density at radius 3 is 2.65 bits per heavy atom. The molecule has 0 saturated carbocycles. The first-order valence-electron chi connectivity index (χ1n) is 6.66. The molecule has 0 aliphatic carbocycles. The number of ether oxygens (including phenoxy) is 2. The molecule has 1 heterocycles. The van der Waals surface area contributed by atoms with Crippen LogP contribution in [-0.4, -0.2) is 28.6 Å². The SMILES string of the molecule is NCC(=O)NC(=O)Oc1nccc(OCc2ccccc2)c1O. The van der Waals surface area contributed by atoms with Gasteiger partial charge in [0.25, 0.3) is 5.88 Å². The molecule has 0 bridgehead atoms. The van der Waals surface area contributed by atoms with E-state index in [9.17, 15) is 14.7 Å². The number of nitrogens with two attached hydrogens (primary N) is 1. The molecule has 2 amide bonds. The predicted molar refractivity (Wildman–Crippen MR) is 79.9 cm³/mol. The van der Waals surface area contributed by atoms with Crippen LogP contribution in [0, 0.1) is 0 Å². The molecule has 2 rings (SSSR count). The lowest BCUT2D eigenvalue weighted by Crippen LogP contribution is -2.37. The minimum Gasteiger partial charge on any atom is -0.501 e. The zero-order chi connectivity index (χ0) is 16.7. The monoisotopic (exact) mass is 317 g/mol. The van der Waals surface area contributed by atoms with Gasteiger partial charge in [-0.2, -0.15) is 0 Å². The van der Waals surface area contributed by atoms with E-state index >= 15 is 0 Å². The molecular formula is C15H15N3O5. The van der Waals surface area contributed by atoms with Gasteiger partial charge in [-0.3, -0.25) is 10.1 Å². The van der Waals surface area contributed by atoms with Crippen molar-refractivity contribution in [2.75, 3.05) is 6.54 Å². The Morgan fingerprint density at radius 1 is 1.22 bits per heavy atom. The third-order valence-corrected chi connectivity index (χ3v) is 2.71. The summed E-state index contributed by atoms with van der Waals surface area (Å²) in [5.41, 5.74) is 5.96. The number of imide groups is 1. The summed E-state index contributed by atoms with van der Waals surface area (Å²) < 4.78 is 10.2. The lowest BCUT2D eigenvalue weighted by molar-refractivity contribution is -0.118. The topological polar surface area (TPSA) is 124 Å². The highest BCUT2D eigenvalue weighted by molar-refractivity contribution is 5.93. The summed E-state index contributed by atoms with van der Waals surface area (Å²) in [6, 6.07) is 10.7. The molecule has 8 nitrogen and oxygen atoms in total. The van der Waals surface area contributed by atoms with Crippen LogP contribution in [0.2, 0.25) is 0 Å². The van der Waals surface area contributed by atoms with Crippen molar-refractivity contribution in [2.45, 2.75) is 6.61 Å². The fourth-order valence-corrected chi connectivity index (χ4v) is 1.62. The fraction of sp³-hybridized carbons (Fsp3) is 0.133. The number of carbonyl (C=O) groups is 2. The summed E-state index contributed by atoms with van der Waals surface area (Å²) >= 11 is 0. The maximum Gasteiger partial charge on any atom is 0.420 e. The zero-order valence-electron chi connectivity index (χ0n) is 12.1. The second-order valence-electron chi connectivity index (χ2n) is 4.38. The van der Waals surface area contributed by atoms with Gasteiger partial charge in [0.1, 0.15) is 6.61 Å². The first-order chi connectivity index (χ1) is 11.1. The molecule has 8 heteroatoms. The Kier molecular flexibility index (Phi) is 5.48. The number of hydrogen-bond acceptors (Lipinski definition) is 7. The number of hydrogen-bond donors (Lipinski definition) is 3. The van der Waals surface area contributed by atoms with Gasteiger partial charge in [-0.05, 0) is 5.56 Å². The van der Waals surface area contributed by atoms with Crippen LogP contribution in [0.25, 0.3) is 0 Å². The van der Waals surface area contributed by atoms with E-state index in [-0.39, 0.29) is 24.8 Å². The molecule has 0 aliphatic rings. The first kappa shape index (κ1) is 16.2. The van der Waals surface area contributed by atoms with Crippen LogP contribution in [0.5, 0.6) is 17.4 Å². The highest BCUT2D eigenvalue weighted by Gasteiger charge is 2.16. The van der Waals surface area contributed by atoms with Gasteiger partial charge in [-0.1, -0.05) is 30.3 Å². The van der Waals surface area contributed by atoms with Crippen molar-refractivity contribution in [1.29, 1.82) is 0 Å². The Balaban J connectivity index is 2.03. The molecule has 0 radical (unpaired) electrons. The number of benzene rings is 1. The molecule has 0 spiro atoms. The Hall–Kier alpha value is -3.13. The van der Waals surface area contributed by atoms with Crippen LogP contribution in [0.3, 0.4) is 0 Å². The zero-order valence-corrected chi connectivity index (χ0v) is 12.1. The molecule has 23 heavy (non-hydrogen) atoms. The molecule has 120 valence electrons. The van der Waals surface area contributed by atoms with Crippen molar-refractivity contribution in [3.05, 3.63) is 48.2 Å². The highest BCUT2D eigenvalue weighted by atomic mass is 16.6. The Labute approximate surface area is 131 Å². The molecule has 0 unspecified atom stereocenters. The number of aromatic hydroxyl groups is 1. The quantitative estimate of drug-likeness (QED) is 0.749. The minimum atomic E-state index is -1.09. The molecule has 1 aromatic carbocycles. The van der Waals surface area contributed by atoms with E-state index in [1.807, 2.05) is 35.6 Å². The number of pyridine rings is 1. The average molecular weight is 317 g/mol. The normalized spacial score (nSPS) is 9.96. The van der Waals surface area contributed by atoms with Crippen molar-refractivity contribution < 1.29 is 24.2 Å². The third-order valence-electron chi connectivity index (χ3n) is 2.71. The first-order valence-corrected chi connectivity index (χ1v) is 6.66. The van der Waals surface area contributed by atoms with E-state index in [1.54, 1.807) is 0 Å². The molecule has 0 aliphatic heterocycles. The number of amides is 2. The van der Waals surface area contributed by atoms with E-state index in [0.717, 1.165) is 5.56 Å². The number of nitrogens with one attached hydrogen (secondary N) is 1. The standard InChI is InChI=1S/C15H15N3O5/c16-8-12(19)18-15(21)23-14-13(20)11(6-7-17-14)22-9-10-4-2-1-3-5-10/h1-7,20H,8-9,16H2,(H,18,19,21). The van der Waals surface area contributed by atoms with Gasteiger partial charge >= 0.3 is 6.09 Å². The van der Waals surface area contributed by atoms with Crippen molar-refractivity contribution in [3.8, 4) is 17.4 Å². The van der Waals surface area contributed by atoms with E-state index in [2.05, 4.69) is 4.98 Å². The third kappa shape index (κ3) is 4.68. The summed E-state index contributed by atoms with van der Waals surface area (Å²) in [4.78, 5) is 26.1. The fourth-order valence-electron chi connectivity index (χ4n) is 1.62. The number of aromatic nitrogens is 1. The lowest BCUT2D eigenvalue weighted by Gasteiger charge is -2.10. The maximum absolute atomic E-state index is 11.4. The molecule has 4 N–H and O–H groups in total. The number of rotatable bonds is 5. The smallest absolute Gasteiger partial charge is 0.420 e. The second-order valence-corrected chi connectivity index (χ2v) is 4.38. The lowest BCUT2D eigenvalue weighted by atomic mass is 10.2. The van der Waals surface area contributed by atoms with Gasteiger partial charge in [0.2, 0.25) is 11.7 Å². The van der Waals surface area contributed by atoms with Crippen LogP contribution < -0.4 is 20.5 Å². The van der Waals surface area contributed by atoms with Gasteiger partial charge in [0.15, 0.2) is 5.75 Å². The van der Waals surface area contributed by atoms with Crippen LogP contribution in [0.4, 0.5) is 4.79 Å². The maximum atomic E-state index is 11.4. The van der Waals surface area contributed by atoms with Crippen molar-refractivity contribution in [2.24, 2.45) is 5.73 Å². The van der Waals surface area contributed by atoms with Crippen LogP contribution in [0.1, 0.15) is 5.56 Å². The van der Waals surface area contributed by atoms with Gasteiger partial charge in [0.05, 0.1) is 6.54 Å². The van der Waals surface area contributed by atoms with Crippen molar-refractivity contribution in [3.63, 3.8) is 0 Å². The van der Waals surface area contributed by atoms with Gasteiger partial charge in [-0.25, -0.2) is 9.78 Å². The number of carbonyl (C=O) groups excluding carboxylic acids is 2. The molecular weight excluding hydrogens is 302 g/mol. The molecule has 0 atom stereocenters. The van der Waals surface area contributed by atoms with Crippen LogP contribution in [0.15, 0.2) is 42.6 Å². The largest absolute Gasteiger partial charge is 0.501 e. The summed E-state index contributed by atoms with van der Waals surface area (Å²) in [6.07, 6.45) is 0.205. The highest BCUT2D eigenvalue weighted by Crippen LogP contribution is 2.34. The molecule has 1 aromatic heterocycles.